The van der Waals surface area contributed by atoms with Crippen molar-refractivity contribution in [2.45, 2.75) is 32.3 Å². The molecule has 0 unspecified atom stereocenters. The predicted octanol–water partition coefficient (Wildman–Crippen LogP) is 3.00. The number of carbonyl (C=O) groups excluding carboxylic acids is 1. The van der Waals surface area contributed by atoms with Crippen molar-refractivity contribution in [2.24, 2.45) is 17.0 Å². The molecule has 4 nitrogen and oxygen atoms in total. The van der Waals surface area contributed by atoms with Crippen molar-refractivity contribution >= 4 is 12.2 Å². The number of hydrogen-bond donors (Lipinski definition) is 1. The normalized spacial score (nSPS) is 23.4. The molecule has 1 aromatic rings. The van der Waals surface area contributed by atoms with E-state index in [1.54, 1.807) is 6.21 Å². The van der Waals surface area contributed by atoms with Gasteiger partial charge in [-0.05, 0) is 37.2 Å². The van der Waals surface area contributed by atoms with E-state index >= 15 is 0 Å². The van der Waals surface area contributed by atoms with Gasteiger partial charge in [0.1, 0.15) is 6.61 Å². The van der Waals surface area contributed by atoms with E-state index in [1.165, 1.54) is 0 Å². The highest BCUT2D eigenvalue weighted by molar-refractivity contribution is 5.73. The summed E-state index contributed by atoms with van der Waals surface area (Å²) >= 11 is 0. The number of oxime groups is 1. The first-order chi connectivity index (χ1) is 9.29. The summed E-state index contributed by atoms with van der Waals surface area (Å²) in [5.74, 6) is 0.179. The van der Waals surface area contributed by atoms with E-state index in [9.17, 15) is 4.79 Å². The summed E-state index contributed by atoms with van der Waals surface area (Å²) in [5.41, 5.74) is 1.01. The molecule has 0 aliphatic heterocycles. The minimum absolute atomic E-state index is 0.00736. The molecule has 102 valence electrons. The number of benzene rings is 1. The zero-order chi connectivity index (χ0) is 13.5. The Morgan fingerprint density at radius 2 is 1.95 bits per heavy atom. The molecule has 1 fully saturated rings. The van der Waals surface area contributed by atoms with Gasteiger partial charge in [0, 0.05) is 6.21 Å². The Balaban J connectivity index is 1.75. The van der Waals surface area contributed by atoms with Crippen LogP contribution < -0.4 is 0 Å². The lowest BCUT2D eigenvalue weighted by Crippen LogP contribution is -2.24. The molecule has 0 heterocycles. The summed E-state index contributed by atoms with van der Waals surface area (Å²) in [5, 5.41) is 11.5. The molecule has 0 radical (unpaired) electrons. The van der Waals surface area contributed by atoms with E-state index < -0.39 is 0 Å². The maximum atomic E-state index is 11.9. The Kier molecular flexibility index (Phi) is 4.95. The zero-order valence-electron chi connectivity index (χ0n) is 10.9. The summed E-state index contributed by atoms with van der Waals surface area (Å²) in [4.78, 5) is 11.9. The van der Waals surface area contributed by atoms with Crippen molar-refractivity contribution in [1.82, 2.24) is 0 Å². The van der Waals surface area contributed by atoms with Crippen LogP contribution in [0.5, 0.6) is 0 Å². The second-order valence-electron chi connectivity index (χ2n) is 4.97. The highest BCUT2D eigenvalue weighted by Crippen LogP contribution is 2.28. The maximum absolute atomic E-state index is 11.9. The first kappa shape index (κ1) is 13.6. The van der Waals surface area contributed by atoms with Gasteiger partial charge in [-0.2, -0.15) is 0 Å². The first-order valence-electron chi connectivity index (χ1n) is 6.67. The molecule has 2 rings (SSSR count). The van der Waals surface area contributed by atoms with Crippen molar-refractivity contribution in [2.75, 3.05) is 0 Å². The fourth-order valence-electron chi connectivity index (χ4n) is 2.44. The Labute approximate surface area is 113 Å². The minimum Gasteiger partial charge on any atom is -0.461 e. The molecule has 4 heteroatoms. The lowest BCUT2D eigenvalue weighted by Gasteiger charge is -2.24. The van der Waals surface area contributed by atoms with Crippen LogP contribution in [0.4, 0.5) is 0 Å². The topological polar surface area (TPSA) is 58.9 Å². The molecule has 19 heavy (non-hydrogen) atoms. The number of rotatable bonds is 4. The van der Waals surface area contributed by atoms with Crippen LogP contribution in [0.15, 0.2) is 35.5 Å². The van der Waals surface area contributed by atoms with Crippen LogP contribution in [0, 0.1) is 11.8 Å². The molecular formula is C15H19NO3. The van der Waals surface area contributed by atoms with Crippen molar-refractivity contribution < 1.29 is 14.7 Å². The average Bonchev–Trinajstić information content (AvgIpc) is 2.47. The van der Waals surface area contributed by atoms with Crippen molar-refractivity contribution in [1.29, 1.82) is 0 Å². The molecule has 0 atom stereocenters. The molecule has 0 bridgehead atoms. The van der Waals surface area contributed by atoms with Crippen LogP contribution in [0.25, 0.3) is 0 Å². The zero-order valence-corrected chi connectivity index (χ0v) is 10.9. The molecule has 1 aliphatic rings. The Bertz CT molecular complexity index is 422. The maximum Gasteiger partial charge on any atom is 0.309 e. The third kappa shape index (κ3) is 4.09. The van der Waals surface area contributed by atoms with Gasteiger partial charge in [-0.3, -0.25) is 4.79 Å². The Morgan fingerprint density at radius 1 is 1.26 bits per heavy atom. The highest BCUT2D eigenvalue weighted by Gasteiger charge is 2.26. The van der Waals surface area contributed by atoms with Crippen LogP contribution in [0.2, 0.25) is 0 Å². The lowest BCUT2D eigenvalue weighted by molar-refractivity contribution is -0.151. The van der Waals surface area contributed by atoms with Gasteiger partial charge in [-0.15, -0.1) is 5.16 Å². The molecule has 1 N–H and O–H groups in total. The van der Waals surface area contributed by atoms with Gasteiger partial charge in [0.05, 0.1) is 5.92 Å². The molecule has 0 saturated heterocycles. The van der Waals surface area contributed by atoms with Crippen LogP contribution >= 0.6 is 0 Å². The minimum atomic E-state index is -0.108. The van der Waals surface area contributed by atoms with E-state index in [0.717, 1.165) is 31.2 Å². The van der Waals surface area contributed by atoms with Crippen LogP contribution in [-0.4, -0.2) is 17.4 Å². The number of hydrogen-bond acceptors (Lipinski definition) is 4. The van der Waals surface area contributed by atoms with E-state index in [2.05, 4.69) is 5.16 Å². The molecular weight excluding hydrogens is 242 g/mol. The summed E-state index contributed by atoms with van der Waals surface area (Å²) in [6, 6.07) is 9.70. The molecule has 0 amide bonds. The fraction of sp³-hybridized carbons (Fsp3) is 0.467. The second kappa shape index (κ2) is 6.92. The van der Waals surface area contributed by atoms with E-state index in [1.807, 2.05) is 30.3 Å². The summed E-state index contributed by atoms with van der Waals surface area (Å²) < 4.78 is 5.34. The van der Waals surface area contributed by atoms with Crippen molar-refractivity contribution in [3.8, 4) is 0 Å². The smallest absolute Gasteiger partial charge is 0.309 e. The summed E-state index contributed by atoms with van der Waals surface area (Å²) in [6.07, 6.45) is 4.95. The van der Waals surface area contributed by atoms with Gasteiger partial charge < -0.3 is 9.94 Å². The second-order valence-corrected chi connectivity index (χ2v) is 4.97. The number of esters is 1. The largest absolute Gasteiger partial charge is 0.461 e. The molecule has 1 aromatic carbocycles. The third-order valence-corrected chi connectivity index (χ3v) is 3.61. The molecule has 1 aliphatic carbocycles. The van der Waals surface area contributed by atoms with Gasteiger partial charge in [-0.25, -0.2) is 0 Å². The number of carbonyl (C=O) groups is 1. The SMILES string of the molecule is O=C(OCc1ccccc1)C1CCC(/C=N\O)CC1. The van der Waals surface area contributed by atoms with Crippen LogP contribution in [0.3, 0.4) is 0 Å². The lowest BCUT2D eigenvalue weighted by atomic mass is 9.83. The average molecular weight is 261 g/mol. The first-order valence-corrected chi connectivity index (χ1v) is 6.67. The summed E-state index contributed by atoms with van der Waals surface area (Å²) in [6.45, 7) is 0.345. The van der Waals surface area contributed by atoms with Crippen LogP contribution in [-0.2, 0) is 16.1 Å². The Morgan fingerprint density at radius 3 is 2.58 bits per heavy atom. The van der Waals surface area contributed by atoms with Gasteiger partial charge in [-0.1, -0.05) is 30.3 Å². The predicted molar refractivity (Wildman–Crippen MR) is 72.0 cm³/mol. The van der Waals surface area contributed by atoms with E-state index in [0.29, 0.717) is 12.5 Å². The van der Waals surface area contributed by atoms with E-state index in [-0.39, 0.29) is 11.9 Å². The van der Waals surface area contributed by atoms with Gasteiger partial charge in [0.15, 0.2) is 0 Å². The van der Waals surface area contributed by atoms with Crippen molar-refractivity contribution in [3.63, 3.8) is 0 Å². The summed E-state index contributed by atoms with van der Waals surface area (Å²) in [7, 11) is 0. The van der Waals surface area contributed by atoms with Gasteiger partial charge >= 0.3 is 5.97 Å². The van der Waals surface area contributed by atoms with E-state index in [4.69, 9.17) is 9.94 Å². The van der Waals surface area contributed by atoms with Crippen LogP contribution in [0.1, 0.15) is 31.2 Å². The number of ether oxygens (including phenoxy) is 1. The molecule has 0 aromatic heterocycles. The van der Waals surface area contributed by atoms with Gasteiger partial charge in [0.25, 0.3) is 0 Å². The standard InChI is InChI=1S/C15H19NO3/c17-15(19-11-13-4-2-1-3-5-13)14-8-6-12(7-9-14)10-16-18/h1-5,10,12,14,18H,6-9,11H2/b16-10-. The number of nitrogens with zero attached hydrogens (tertiary/aromatic N) is 1. The third-order valence-electron chi connectivity index (χ3n) is 3.61. The highest BCUT2D eigenvalue weighted by atomic mass is 16.5. The quantitative estimate of drug-likeness (QED) is 0.392. The molecule has 1 saturated carbocycles. The van der Waals surface area contributed by atoms with Gasteiger partial charge in [0.2, 0.25) is 0 Å². The van der Waals surface area contributed by atoms with Crippen molar-refractivity contribution in [3.05, 3.63) is 35.9 Å². The molecule has 0 spiro atoms. The Hall–Kier alpha value is -1.84. The fourth-order valence-corrected chi connectivity index (χ4v) is 2.44. The monoisotopic (exact) mass is 261 g/mol.